The Kier molecular flexibility index (Phi) is 4.78. The van der Waals surface area contributed by atoms with Gasteiger partial charge in [0.1, 0.15) is 5.39 Å². The standard InChI is InChI=1S/C21H15F2N5O2S/c22-16-7-6-12(8-17(16)23)25-18(29)9-14-11-31-21-26-19-15(20(30)27(14)21)10-24-28(19)13-4-2-1-3-5-13/h1-8,10,14H,9,11H2,(H,25,29)/t14-/m1/s1. The van der Waals surface area contributed by atoms with Gasteiger partial charge in [0.05, 0.1) is 17.9 Å². The lowest BCUT2D eigenvalue weighted by Gasteiger charge is -2.13. The maximum absolute atomic E-state index is 13.4. The van der Waals surface area contributed by atoms with E-state index in [-0.39, 0.29) is 17.7 Å². The van der Waals surface area contributed by atoms with Crippen molar-refractivity contribution in [1.29, 1.82) is 0 Å². The average Bonchev–Trinajstić information content (AvgIpc) is 3.36. The van der Waals surface area contributed by atoms with Crippen LogP contribution in [0.2, 0.25) is 0 Å². The van der Waals surface area contributed by atoms with E-state index in [0.717, 1.165) is 17.8 Å². The lowest BCUT2D eigenvalue weighted by atomic mass is 10.2. The van der Waals surface area contributed by atoms with Crippen LogP contribution in [0.4, 0.5) is 14.5 Å². The Morgan fingerprint density at radius 3 is 2.74 bits per heavy atom. The number of hydrogen-bond donors (Lipinski definition) is 1. The van der Waals surface area contributed by atoms with E-state index in [0.29, 0.717) is 21.9 Å². The maximum atomic E-state index is 13.4. The van der Waals surface area contributed by atoms with E-state index in [1.807, 2.05) is 30.3 Å². The number of aromatic nitrogens is 4. The Hall–Kier alpha value is -3.53. The molecule has 0 saturated heterocycles. The zero-order chi connectivity index (χ0) is 21.5. The highest BCUT2D eigenvalue weighted by molar-refractivity contribution is 7.99. The third-order valence-electron chi connectivity index (χ3n) is 5.00. The molecule has 3 heterocycles. The Bertz CT molecular complexity index is 1370. The molecule has 0 saturated carbocycles. The van der Waals surface area contributed by atoms with Gasteiger partial charge in [-0.2, -0.15) is 5.10 Å². The van der Waals surface area contributed by atoms with E-state index in [4.69, 9.17) is 0 Å². The van der Waals surface area contributed by atoms with Crippen LogP contribution in [-0.4, -0.2) is 31.0 Å². The van der Waals surface area contributed by atoms with Crippen LogP contribution in [0.3, 0.4) is 0 Å². The van der Waals surface area contributed by atoms with Crippen LogP contribution in [0.1, 0.15) is 12.5 Å². The fourth-order valence-corrected chi connectivity index (χ4v) is 4.67. The van der Waals surface area contributed by atoms with Crippen molar-refractivity contribution < 1.29 is 13.6 Å². The van der Waals surface area contributed by atoms with Crippen molar-refractivity contribution in [3.8, 4) is 5.69 Å². The highest BCUT2D eigenvalue weighted by Crippen LogP contribution is 2.33. The predicted octanol–water partition coefficient (Wildman–Crippen LogP) is 3.54. The van der Waals surface area contributed by atoms with E-state index < -0.39 is 23.6 Å². The number of thioether (sulfide) groups is 1. The number of para-hydroxylation sites is 1. The molecule has 2 aromatic carbocycles. The molecule has 0 radical (unpaired) electrons. The monoisotopic (exact) mass is 439 g/mol. The lowest BCUT2D eigenvalue weighted by Crippen LogP contribution is -2.27. The van der Waals surface area contributed by atoms with Crippen molar-refractivity contribution >= 4 is 34.4 Å². The van der Waals surface area contributed by atoms with Crippen LogP contribution in [0, 0.1) is 11.6 Å². The van der Waals surface area contributed by atoms with Gasteiger partial charge >= 0.3 is 0 Å². The van der Waals surface area contributed by atoms with Gasteiger partial charge in [0, 0.05) is 23.9 Å². The number of carbonyl (C=O) groups is 1. The van der Waals surface area contributed by atoms with Gasteiger partial charge < -0.3 is 5.32 Å². The molecule has 1 N–H and O–H groups in total. The molecule has 0 aliphatic carbocycles. The number of nitrogens with one attached hydrogen (secondary N) is 1. The van der Waals surface area contributed by atoms with Crippen molar-refractivity contribution in [1.82, 2.24) is 19.3 Å². The highest BCUT2D eigenvalue weighted by Gasteiger charge is 2.29. The van der Waals surface area contributed by atoms with E-state index in [1.165, 1.54) is 28.6 Å². The van der Waals surface area contributed by atoms with Crippen LogP contribution in [0.25, 0.3) is 16.7 Å². The number of fused-ring (bicyclic) bond motifs is 2. The molecule has 0 unspecified atom stereocenters. The lowest BCUT2D eigenvalue weighted by molar-refractivity contribution is -0.116. The van der Waals surface area contributed by atoms with Crippen LogP contribution in [-0.2, 0) is 4.79 Å². The number of hydrogen-bond acceptors (Lipinski definition) is 5. The molecule has 1 aliphatic rings. The summed E-state index contributed by atoms with van der Waals surface area (Å²) in [5.74, 6) is -1.94. The first-order chi connectivity index (χ1) is 15.0. The van der Waals surface area contributed by atoms with Crippen LogP contribution >= 0.6 is 11.8 Å². The Labute approximate surface area is 178 Å². The smallest absolute Gasteiger partial charge is 0.265 e. The molecule has 2 aromatic heterocycles. The first-order valence-corrected chi connectivity index (χ1v) is 10.4. The molecule has 5 rings (SSSR count). The second-order valence-corrected chi connectivity index (χ2v) is 8.03. The van der Waals surface area contributed by atoms with Crippen molar-refractivity contribution in [3.05, 3.63) is 76.7 Å². The first kappa shape index (κ1) is 19.4. The summed E-state index contributed by atoms with van der Waals surface area (Å²) < 4.78 is 29.6. The summed E-state index contributed by atoms with van der Waals surface area (Å²) >= 11 is 1.39. The van der Waals surface area contributed by atoms with Gasteiger partial charge in [-0.3, -0.25) is 14.2 Å². The third kappa shape index (κ3) is 3.48. The molecule has 0 fully saturated rings. The minimum absolute atomic E-state index is 0.00108. The van der Waals surface area contributed by atoms with Crippen LogP contribution < -0.4 is 10.9 Å². The molecule has 156 valence electrons. The summed E-state index contributed by atoms with van der Waals surface area (Å²) in [6.45, 7) is 0. The van der Waals surface area contributed by atoms with Gasteiger partial charge in [0.25, 0.3) is 5.56 Å². The summed E-state index contributed by atoms with van der Waals surface area (Å²) in [6, 6.07) is 12.1. The zero-order valence-corrected chi connectivity index (χ0v) is 16.8. The van der Waals surface area contributed by atoms with Crippen molar-refractivity contribution in [2.45, 2.75) is 17.6 Å². The summed E-state index contributed by atoms with van der Waals surface area (Å²) in [5.41, 5.74) is 1.14. The molecular weight excluding hydrogens is 424 g/mol. The van der Waals surface area contributed by atoms with Gasteiger partial charge in [-0.05, 0) is 24.3 Å². The Morgan fingerprint density at radius 1 is 1.16 bits per heavy atom. The van der Waals surface area contributed by atoms with Gasteiger partial charge in [-0.25, -0.2) is 18.4 Å². The number of amides is 1. The van der Waals surface area contributed by atoms with Gasteiger partial charge in [-0.15, -0.1) is 0 Å². The number of benzene rings is 2. The predicted molar refractivity (Wildman–Crippen MR) is 112 cm³/mol. The fraction of sp³-hybridized carbons (Fsp3) is 0.143. The average molecular weight is 439 g/mol. The molecule has 1 aliphatic heterocycles. The van der Waals surface area contributed by atoms with Crippen molar-refractivity contribution in [3.63, 3.8) is 0 Å². The Morgan fingerprint density at radius 2 is 1.97 bits per heavy atom. The largest absolute Gasteiger partial charge is 0.326 e. The van der Waals surface area contributed by atoms with E-state index >= 15 is 0 Å². The molecular formula is C21H15F2N5O2S. The maximum Gasteiger partial charge on any atom is 0.265 e. The van der Waals surface area contributed by atoms with Gasteiger partial charge in [0.15, 0.2) is 22.4 Å². The minimum Gasteiger partial charge on any atom is -0.326 e. The Balaban J connectivity index is 1.43. The molecule has 0 bridgehead atoms. The SMILES string of the molecule is O=C(C[C@@H]1CSc2nc3c(cnn3-c3ccccc3)c(=O)n21)Nc1ccc(F)c(F)c1. The summed E-state index contributed by atoms with van der Waals surface area (Å²) in [5, 5.41) is 7.73. The second kappa shape index (κ2) is 7.62. The molecule has 1 amide bonds. The fourth-order valence-electron chi connectivity index (χ4n) is 3.54. The number of halogens is 2. The van der Waals surface area contributed by atoms with Crippen molar-refractivity contribution in [2.24, 2.45) is 0 Å². The number of anilines is 1. The number of carbonyl (C=O) groups excluding carboxylic acids is 1. The first-order valence-electron chi connectivity index (χ1n) is 9.44. The summed E-state index contributed by atoms with van der Waals surface area (Å²) in [7, 11) is 0. The van der Waals surface area contributed by atoms with Crippen LogP contribution in [0.5, 0.6) is 0 Å². The summed E-state index contributed by atoms with van der Waals surface area (Å²) in [4.78, 5) is 30.2. The summed E-state index contributed by atoms with van der Waals surface area (Å²) in [6.07, 6.45) is 1.48. The number of nitrogens with zero attached hydrogens (tertiary/aromatic N) is 4. The molecule has 4 aromatic rings. The third-order valence-corrected chi connectivity index (χ3v) is 6.09. The van der Waals surface area contributed by atoms with Gasteiger partial charge in [-0.1, -0.05) is 30.0 Å². The zero-order valence-electron chi connectivity index (χ0n) is 16.0. The molecule has 31 heavy (non-hydrogen) atoms. The van der Waals surface area contributed by atoms with Crippen molar-refractivity contribution in [2.75, 3.05) is 11.1 Å². The van der Waals surface area contributed by atoms with E-state index in [9.17, 15) is 18.4 Å². The van der Waals surface area contributed by atoms with E-state index in [2.05, 4.69) is 15.4 Å². The normalized spacial score (nSPS) is 15.2. The second-order valence-electron chi connectivity index (χ2n) is 7.04. The highest BCUT2D eigenvalue weighted by atomic mass is 32.2. The number of rotatable bonds is 4. The minimum atomic E-state index is -1.04. The quantitative estimate of drug-likeness (QED) is 0.492. The molecule has 7 nitrogen and oxygen atoms in total. The van der Waals surface area contributed by atoms with E-state index in [1.54, 1.807) is 4.68 Å². The van der Waals surface area contributed by atoms with Crippen LogP contribution in [0.15, 0.2) is 64.7 Å². The van der Waals surface area contributed by atoms with Gasteiger partial charge in [0.2, 0.25) is 5.91 Å². The molecule has 0 spiro atoms. The molecule has 1 atom stereocenters. The topological polar surface area (TPSA) is 81.8 Å². The molecule has 10 heteroatoms.